The fourth-order valence-electron chi connectivity index (χ4n) is 5.39. The Bertz CT molecular complexity index is 1490. The first kappa shape index (κ1) is 35.4. The van der Waals surface area contributed by atoms with Gasteiger partial charge in [-0.15, -0.1) is 0 Å². The predicted molar refractivity (Wildman–Crippen MR) is 177 cm³/mol. The molecule has 0 aliphatic carbocycles. The average molecular weight is 651 g/mol. The summed E-state index contributed by atoms with van der Waals surface area (Å²) in [5, 5.41) is 19.8. The summed E-state index contributed by atoms with van der Waals surface area (Å²) < 4.78 is 17.8. The lowest BCUT2D eigenvalue weighted by atomic mass is 10.0. The molecule has 1 aliphatic heterocycles. The molecule has 254 valence electrons. The molecule has 13 nitrogen and oxygen atoms in total. The Morgan fingerprint density at radius 2 is 1.87 bits per heavy atom. The van der Waals surface area contributed by atoms with Crippen molar-refractivity contribution in [2.45, 2.75) is 72.1 Å². The summed E-state index contributed by atoms with van der Waals surface area (Å²) >= 11 is 0. The molecule has 2 aromatic heterocycles. The van der Waals surface area contributed by atoms with Crippen LogP contribution in [-0.4, -0.2) is 94.5 Å². The van der Waals surface area contributed by atoms with Crippen molar-refractivity contribution in [2.75, 3.05) is 44.0 Å². The van der Waals surface area contributed by atoms with Gasteiger partial charge in [0.2, 0.25) is 0 Å². The molecule has 4 atom stereocenters. The van der Waals surface area contributed by atoms with E-state index < -0.39 is 12.1 Å². The number of urea groups is 1. The molecule has 3 aromatic rings. The second-order valence-electron chi connectivity index (χ2n) is 12.2. The van der Waals surface area contributed by atoms with Crippen molar-refractivity contribution >= 4 is 29.2 Å². The first-order valence-electron chi connectivity index (χ1n) is 16.0. The number of hydrogen-bond donors (Lipinski definition) is 3. The van der Waals surface area contributed by atoms with E-state index in [0.29, 0.717) is 40.7 Å². The molecule has 0 saturated carbocycles. The van der Waals surface area contributed by atoms with Crippen molar-refractivity contribution < 1.29 is 33.5 Å². The van der Waals surface area contributed by atoms with Gasteiger partial charge in [-0.3, -0.25) is 14.6 Å². The lowest BCUT2D eigenvalue weighted by Gasteiger charge is -2.35. The molecule has 0 saturated heterocycles. The van der Waals surface area contributed by atoms with Crippen LogP contribution in [0.25, 0.3) is 0 Å². The first-order valence-corrected chi connectivity index (χ1v) is 16.0. The molecule has 0 bridgehead atoms. The summed E-state index contributed by atoms with van der Waals surface area (Å²) in [6.07, 6.45) is 4.81. The Morgan fingerprint density at radius 1 is 1.13 bits per heavy atom. The highest BCUT2D eigenvalue weighted by Gasteiger charge is 2.31. The van der Waals surface area contributed by atoms with Gasteiger partial charge in [-0.05, 0) is 77.3 Å². The number of nitrogens with one attached hydrogen (secondary N) is 2. The average Bonchev–Trinajstić information content (AvgIpc) is 3.38. The number of anilines is 2. The lowest BCUT2D eigenvalue weighted by Crippen LogP contribution is -2.48. The van der Waals surface area contributed by atoms with Crippen LogP contribution in [0.1, 0.15) is 72.2 Å². The zero-order valence-corrected chi connectivity index (χ0v) is 28.0. The number of benzene rings is 1. The zero-order valence-electron chi connectivity index (χ0n) is 28.0. The van der Waals surface area contributed by atoms with Gasteiger partial charge in [-0.1, -0.05) is 12.1 Å². The van der Waals surface area contributed by atoms with Crippen LogP contribution in [0.5, 0.6) is 5.75 Å². The molecule has 4 amide bonds. The highest BCUT2D eigenvalue weighted by atomic mass is 16.5. The number of rotatable bonds is 7. The van der Waals surface area contributed by atoms with Crippen LogP contribution in [0.3, 0.4) is 0 Å². The molecule has 0 fully saturated rings. The standard InChI is InChI=1S/C34H46N6O7/c1-21-18-40(22(2)20-41)33(43)28-17-27(36-32(42)26-12-14-35-15-13-26)10-11-29(28)46-23(3)9-7-8-16-45-30(21)19-39(6)34(44)37-31-24(4)38-47-25(31)5/h10-15,17,21-23,30,41H,7-9,16,18-20H2,1-6H3,(H,36,42)(H,37,44)/t21-,22-,23+,30+/m1/s1. The molecule has 13 heteroatoms. The number of aryl methyl sites for hydroxylation is 2. The van der Waals surface area contributed by atoms with Crippen molar-refractivity contribution in [1.82, 2.24) is 19.9 Å². The van der Waals surface area contributed by atoms with E-state index in [9.17, 15) is 19.5 Å². The quantitative estimate of drug-likeness (QED) is 0.323. The number of nitrogens with zero attached hydrogens (tertiary/aromatic N) is 4. The number of aromatic nitrogens is 2. The van der Waals surface area contributed by atoms with E-state index in [1.165, 1.54) is 12.4 Å². The van der Waals surface area contributed by atoms with Crippen LogP contribution in [0, 0.1) is 19.8 Å². The maximum atomic E-state index is 14.3. The van der Waals surface area contributed by atoms with Gasteiger partial charge in [0.05, 0.1) is 30.4 Å². The van der Waals surface area contributed by atoms with Crippen LogP contribution >= 0.6 is 0 Å². The normalized spacial score (nSPS) is 19.9. The van der Waals surface area contributed by atoms with Crippen LogP contribution in [0.2, 0.25) is 0 Å². The second kappa shape index (κ2) is 16.4. The Morgan fingerprint density at radius 3 is 2.55 bits per heavy atom. The minimum Gasteiger partial charge on any atom is -0.490 e. The van der Waals surface area contributed by atoms with Gasteiger partial charge in [0.1, 0.15) is 17.1 Å². The van der Waals surface area contributed by atoms with Crippen molar-refractivity contribution in [1.29, 1.82) is 0 Å². The van der Waals surface area contributed by atoms with Gasteiger partial charge in [0.15, 0.2) is 5.76 Å². The number of amides is 4. The molecular weight excluding hydrogens is 604 g/mol. The van der Waals surface area contributed by atoms with Gasteiger partial charge >= 0.3 is 6.03 Å². The third-order valence-corrected chi connectivity index (χ3v) is 8.32. The fraction of sp³-hybridized carbons (Fsp3) is 0.500. The summed E-state index contributed by atoms with van der Waals surface area (Å²) in [6, 6.07) is 7.34. The van der Waals surface area contributed by atoms with E-state index in [0.717, 1.165) is 19.3 Å². The van der Waals surface area contributed by atoms with Crippen LogP contribution in [0.4, 0.5) is 16.2 Å². The van der Waals surface area contributed by atoms with Gasteiger partial charge in [-0.2, -0.15) is 0 Å². The number of likely N-dealkylation sites (N-methyl/N-ethyl adjacent to an activating group) is 1. The van der Waals surface area contributed by atoms with Crippen molar-refractivity contribution in [2.24, 2.45) is 5.92 Å². The van der Waals surface area contributed by atoms with Gasteiger partial charge in [0.25, 0.3) is 11.8 Å². The maximum Gasteiger partial charge on any atom is 0.321 e. The van der Waals surface area contributed by atoms with E-state index in [4.69, 9.17) is 14.0 Å². The number of aliphatic hydroxyl groups excluding tert-OH is 1. The van der Waals surface area contributed by atoms with Gasteiger partial charge < -0.3 is 39.5 Å². The Balaban J connectivity index is 1.60. The summed E-state index contributed by atoms with van der Waals surface area (Å²) in [5.41, 5.74) is 2.23. The van der Waals surface area contributed by atoms with Crippen molar-refractivity contribution in [3.8, 4) is 5.75 Å². The SMILES string of the molecule is Cc1noc(C)c1NC(=O)N(C)C[C@@H]1OCCCC[C@H](C)Oc2ccc(NC(=O)c3ccncc3)cc2C(=O)N([C@H](C)CO)C[C@H]1C. The fourth-order valence-corrected chi connectivity index (χ4v) is 5.39. The lowest BCUT2D eigenvalue weighted by molar-refractivity contribution is -0.0115. The number of fused-ring (bicyclic) bond motifs is 1. The number of carbonyl (C=O) groups is 3. The smallest absolute Gasteiger partial charge is 0.321 e. The third-order valence-electron chi connectivity index (χ3n) is 8.32. The molecule has 0 radical (unpaired) electrons. The number of aliphatic hydroxyl groups is 1. The van der Waals surface area contributed by atoms with Crippen molar-refractivity contribution in [3.05, 3.63) is 65.3 Å². The predicted octanol–water partition coefficient (Wildman–Crippen LogP) is 4.90. The van der Waals surface area contributed by atoms with Crippen molar-refractivity contribution in [3.63, 3.8) is 0 Å². The van der Waals surface area contributed by atoms with Crippen LogP contribution in [0.15, 0.2) is 47.2 Å². The minimum atomic E-state index is -0.542. The van der Waals surface area contributed by atoms with Crippen LogP contribution < -0.4 is 15.4 Å². The monoisotopic (exact) mass is 650 g/mol. The molecule has 4 rings (SSSR count). The molecule has 3 heterocycles. The van der Waals surface area contributed by atoms with Gasteiger partial charge in [-0.25, -0.2) is 4.79 Å². The number of hydrogen-bond acceptors (Lipinski definition) is 9. The Labute approximate surface area is 275 Å². The number of ether oxygens (including phenoxy) is 2. The maximum absolute atomic E-state index is 14.3. The number of carbonyl (C=O) groups excluding carboxylic acids is 3. The third kappa shape index (κ3) is 9.29. The van der Waals surface area contributed by atoms with Crippen LogP contribution in [-0.2, 0) is 4.74 Å². The highest BCUT2D eigenvalue weighted by molar-refractivity contribution is 6.05. The summed E-state index contributed by atoms with van der Waals surface area (Å²) in [7, 11) is 1.69. The Kier molecular flexibility index (Phi) is 12.3. The van der Waals surface area contributed by atoms with E-state index in [1.807, 2.05) is 13.8 Å². The number of pyridine rings is 1. The van der Waals surface area contributed by atoms with E-state index in [-0.39, 0.29) is 55.1 Å². The summed E-state index contributed by atoms with van der Waals surface area (Å²) in [4.78, 5) is 47.5. The first-order chi connectivity index (χ1) is 22.5. The molecule has 1 aliphatic rings. The van der Waals surface area contributed by atoms with E-state index in [2.05, 4.69) is 20.8 Å². The molecule has 0 unspecified atom stereocenters. The van der Waals surface area contributed by atoms with Gasteiger partial charge in [0, 0.05) is 56.3 Å². The second-order valence-corrected chi connectivity index (χ2v) is 12.2. The molecule has 47 heavy (non-hydrogen) atoms. The summed E-state index contributed by atoms with van der Waals surface area (Å²) in [6.45, 7) is 9.86. The largest absolute Gasteiger partial charge is 0.490 e. The zero-order chi connectivity index (χ0) is 34.1. The molecule has 1 aromatic carbocycles. The van der Waals surface area contributed by atoms with E-state index in [1.54, 1.807) is 68.0 Å². The molecule has 0 spiro atoms. The Hall–Kier alpha value is -4.49. The van der Waals surface area contributed by atoms with E-state index >= 15 is 0 Å². The highest BCUT2D eigenvalue weighted by Crippen LogP contribution is 2.29. The molecule has 3 N–H and O–H groups in total. The molecular formula is C34H46N6O7. The topological polar surface area (TPSA) is 159 Å². The summed E-state index contributed by atoms with van der Waals surface area (Å²) in [5.74, 6) is -0.0268. The minimum absolute atomic E-state index is 0.195.